The van der Waals surface area contributed by atoms with Crippen LogP contribution in [0.25, 0.3) is 0 Å². The Hall–Kier alpha value is -1.68. The lowest BCUT2D eigenvalue weighted by molar-refractivity contribution is 0.247. The van der Waals surface area contributed by atoms with Gasteiger partial charge >= 0.3 is 0 Å². The number of rotatable bonds is 3. The monoisotopic (exact) mass is 319 g/mol. The van der Waals surface area contributed by atoms with E-state index < -0.39 is 0 Å². The number of piperazine rings is 1. The molecule has 0 aliphatic carbocycles. The zero-order chi connectivity index (χ0) is 14.7. The number of hydrogen-bond donors (Lipinski definition) is 0. The molecule has 0 amide bonds. The first-order valence-corrected chi connectivity index (χ1v) is 7.85. The molecule has 0 radical (unpaired) electrons. The zero-order valence-corrected chi connectivity index (χ0v) is 12.9. The van der Waals surface area contributed by atoms with Crippen LogP contribution in [0.15, 0.2) is 24.4 Å². The van der Waals surface area contributed by atoms with Gasteiger partial charge in [0.05, 0.1) is 5.69 Å². The molecule has 0 atom stereocenters. The summed E-state index contributed by atoms with van der Waals surface area (Å²) in [5, 5.41) is 10.4. The topological polar surface area (TPSA) is 56.1 Å². The quantitative estimate of drug-likeness (QED) is 0.869. The Bertz CT molecular complexity index is 643. The molecular formula is C14H14ClN5S. The summed E-state index contributed by atoms with van der Waals surface area (Å²) in [6.07, 6.45) is 1.82. The van der Waals surface area contributed by atoms with Crippen molar-refractivity contribution in [1.29, 1.82) is 5.26 Å². The summed E-state index contributed by atoms with van der Waals surface area (Å²) in [5.74, 6) is 0. The normalized spacial score (nSPS) is 15.9. The minimum atomic E-state index is 0.313. The second-order valence-electron chi connectivity index (χ2n) is 4.85. The minimum Gasteiger partial charge on any atom is -0.358 e. The first kappa shape index (κ1) is 14.3. The summed E-state index contributed by atoms with van der Waals surface area (Å²) in [4.78, 5) is 8.92. The lowest BCUT2D eigenvalue weighted by Gasteiger charge is -2.34. The smallest absolute Gasteiger partial charge is 0.162 e. The van der Waals surface area contributed by atoms with Crippen LogP contribution in [-0.2, 0) is 6.54 Å². The third-order valence-corrected chi connectivity index (χ3v) is 4.80. The first-order valence-electron chi connectivity index (χ1n) is 6.70. The molecule has 108 valence electrons. The Morgan fingerprint density at radius 3 is 2.76 bits per heavy atom. The first-order chi connectivity index (χ1) is 10.3. The molecule has 7 heteroatoms. The van der Waals surface area contributed by atoms with Crippen molar-refractivity contribution in [2.24, 2.45) is 0 Å². The van der Waals surface area contributed by atoms with Gasteiger partial charge in [0.15, 0.2) is 5.15 Å². The van der Waals surface area contributed by atoms with Crippen molar-refractivity contribution in [2.75, 3.05) is 31.1 Å². The molecule has 2 aromatic rings. The summed E-state index contributed by atoms with van der Waals surface area (Å²) in [5.41, 5.74) is 1.59. The van der Waals surface area contributed by atoms with Crippen LogP contribution in [0.4, 0.5) is 5.00 Å². The molecule has 0 unspecified atom stereocenters. The fourth-order valence-electron chi connectivity index (χ4n) is 2.40. The Labute approximate surface area is 132 Å². The lowest BCUT2D eigenvalue weighted by Crippen LogP contribution is -2.46. The number of hydrogen-bond acceptors (Lipinski definition) is 6. The Balaban J connectivity index is 1.62. The number of anilines is 1. The molecule has 0 spiro atoms. The highest BCUT2D eigenvalue weighted by atomic mass is 35.5. The summed E-state index contributed by atoms with van der Waals surface area (Å²) in [7, 11) is 0. The second-order valence-corrected chi connectivity index (χ2v) is 5.96. The van der Waals surface area contributed by atoms with Gasteiger partial charge in [-0.2, -0.15) is 9.64 Å². The number of aromatic nitrogens is 2. The Morgan fingerprint density at radius 2 is 2.10 bits per heavy atom. The van der Waals surface area contributed by atoms with Gasteiger partial charge in [-0.3, -0.25) is 9.88 Å². The van der Waals surface area contributed by atoms with E-state index in [-0.39, 0.29) is 0 Å². The van der Waals surface area contributed by atoms with Gasteiger partial charge in [-0.05, 0) is 23.7 Å². The molecule has 5 nitrogen and oxygen atoms in total. The van der Waals surface area contributed by atoms with Gasteiger partial charge in [0.2, 0.25) is 0 Å². The average molecular weight is 320 g/mol. The van der Waals surface area contributed by atoms with E-state index in [1.807, 2.05) is 24.4 Å². The molecule has 1 fully saturated rings. The minimum absolute atomic E-state index is 0.313. The fourth-order valence-corrected chi connectivity index (χ4v) is 3.48. The average Bonchev–Trinajstić information content (AvgIpc) is 2.90. The standard InChI is InChI=1S/C14H14ClN5S/c15-13-12(9-16)14(21-18-13)20-7-5-19(6-8-20)10-11-3-1-2-4-17-11/h1-4H,5-8,10H2. The molecule has 21 heavy (non-hydrogen) atoms. The molecule has 2 aromatic heterocycles. The summed E-state index contributed by atoms with van der Waals surface area (Å²) >= 11 is 7.23. The third kappa shape index (κ3) is 3.16. The SMILES string of the molecule is N#Cc1c(Cl)nsc1N1CCN(Cc2ccccn2)CC1. The maximum atomic E-state index is 9.15. The van der Waals surface area contributed by atoms with E-state index in [1.54, 1.807) is 0 Å². The van der Waals surface area contributed by atoms with Crippen LogP contribution in [0, 0.1) is 11.3 Å². The number of pyridine rings is 1. The van der Waals surface area contributed by atoms with Crippen molar-refractivity contribution in [1.82, 2.24) is 14.3 Å². The molecular weight excluding hydrogens is 306 g/mol. The van der Waals surface area contributed by atoms with Crippen molar-refractivity contribution in [3.05, 3.63) is 40.8 Å². The van der Waals surface area contributed by atoms with E-state index in [0.717, 1.165) is 43.4 Å². The van der Waals surface area contributed by atoms with Crippen molar-refractivity contribution >= 4 is 28.1 Å². The molecule has 0 saturated carbocycles. The molecule has 1 aliphatic rings. The van der Waals surface area contributed by atoms with Crippen molar-refractivity contribution in [2.45, 2.75) is 6.54 Å². The molecule has 0 aromatic carbocycles. The zero-order valence-electron chi connectivity index (χ0n) is 11.4. The van der Waals surface area contributed by atoms with Crippen molar-refractivity contribution in [3.63, 3.8) is 0 Å². The van der Waals surface area contributed by atoms with Gasteiger partial charge in [-0.25, -0.2) is 0 Å². The van der Waals surface area contributed by atoms with Crippen LogP contribution >= 0.6 is 23.1 Å². The molecule has 3 heterocycles. The summed E-state index contributed by atoms with van der Waals surface area (Å²) in [6.45, 7) is 4.50. The van der Waals surface area contributed by atoms with Crippen molar-refractivity contribution in [3.8, 4) is 6.07 Å². The van der Waals surface area contributed by atoms with Gasteiger partial charge in [-0.15, -0.1) is 0 Å². The van der Waals surface area contributed by atoms with E-state index in [4.69, 9.17) is 16.9 Å². The number of nitrogens with zero attached hydrogens (tertiary/aromatic N) is 5. The van der Waals surface area contributed by atoms with Gasteiger partial charge in [0.25, 0.3) is 0 Å². The van der Waals surface area contributed by atoms with E-state index >= 15 is 0 Å². The molecule has 0 N–H and O–H groups in total. The van der Waals surface area contributed by atoms with Crippen LogP contribution in [0.5, 0.6) is 0 Å². The Morgan fingerprint density at radius 1 is 1.29 bits per heavy atom. The van der Waals surface area contributed by atoms with E-state index in [9.17, 15) is 0 Å². The lowest BCUT2D eigenvalue weighted by atomic mass is 10.2. The van der Waals surface area contributed by atoms with Crippen molar-refractivity contribution < 1.29 is 0 Å². The van der Waals surface area contributed by atoms with E-state index in [1.165, 1.54) is 11.5 Å². The van der Waals surface area contributed by atoms with E-state index in [0.29, 0.717) is 10.7 Å². The van der Waals surface area contributed by atoms with Crippen LogP contribution in [-0.4, -0.2) is 40.4 Å². The highest BCUT2D eigenvalue weighted by Crippen LogP contribution is 2.31. The second kappa shape index (κ2) is 6.39. The Kier molecular flexibility index (Phi) is 4.34. The maximum absolute atomic E-state index is 9.15. The molecule has 1 aliphatic heterocycles. The van der Waals surface area contributed by atoms with Gasteiger partial charge in [-0.1, -0.05) is 17.7 Å². The van der Waals surface area contributed by atoms with Crippen LogP contribution < -0.4 is 4.90 Å². The van der Waals surface area contributed by atoms with E-state index in [2.05, 4.69) is 25.2 Å². The number of halogens is 1. The predicted octanol–water partition coefficient (Wildman–Crippen LogP) is 2.39. The van der Waals surface area contributed by atoms with Gasteiger partial charge in [0, 0.05) is 38.9 Å². The van der Waals surface area contributed by atoms with Crippen LogP contribution in [0.2, 0.25) is 5.15 Å². The number of nitriles is 1. The van der Waals surface area contributed by atoms with Gasteiger partial charge < -0.3 is 4.90 Å². The fraction of sp³-hybridized carbons (Fsp3) is 0.357. The highest BCUT2D eigenvalue weighted by molar-refractivity contribution is 7.10. The van der Waals surface area contributed by atoms with Crippen LogP contribution in [0.1, 0.15) is 11.3 Å². The summed E-state index contributed by atoms with van der Waals surface area (Å²) in [6, 6.07) is 8.13. The molecule has 0 bridgehead atoms. The predicted molar refractivity (Wildman–Crippen MR) is 83.6 cm³/mol. The molecule has 3 rings (SSSR count). The maximum Gasteiger partial charge on any atom is 0.162 e. The van der Waals surface area contributed by atoms with Crippen LogP contribution in [0.3, 0.4) is 0 Å². The summed E-state index contributed by atoms with van der Waals surface area (Å²) < 4.78 is 4.07. The van der Waals surface area contributed by atoms with Gasteiger partial charge in [0.1, 0.15) is 16.6 Å². The third-order valence-electron chi connectivity index (χ3n) is 3.52. The largest absolute Gasteiger partial charge is 0.358 e. The molecule has 1 saturated heterocycles. The highest BCUT2D eigenvalue weighted by Gasteiger charge is 2.23.